The number of hydrogen-bond donors (Lipinski definition) is 1. The first-order valence-corrected chi connectivity index (χ1v) is 11.8. The van der Waals surface area contributed by atoms with E-state index in [1.807, 2.05) is 24.3 Å². The van der Waals surface area contributed by atoms with Crippen LogP contribution < -0.4 is 9.64 Å². The topological polar surface area (TPSA) is 52.9 Å². The van der Waals surface area contributed by atoms with Crippen molar-refractivity contribution in [2.24, 2.45) is 11.8 Å². The van der Waals surface area contributed by atoms with Crippen LogP contribution in [0.4, 0.5) is 0 Å². The number of hydrogen-bond acceptors (Lipinski definition) is 4. The third-order valence-electron chi connectivity index (χ3n) is 7.29. The van der Waals surface area contributed by atoms with Crippen LogP contribution in [0, 0.1) is 11.8 Å². The lowest BCUT2D eigenvalue weighted by Gasteiger charge is -2.48. The van der Waals surface area contributed by atoms with Gasteiger partial charge in [-0.2, -0.15) is 0 Å². The summed E-state index contributed by atoms with van der Waals surface area (Å²) in [6.45, 7) is 6.17. The number of piperidine rings is 3. The van der Waals surface area contributed by atoms with Gasteiger partial charge in [-0.05, 0) is 54.4 Å². The van der Waals surface area contributed by atoms with Crippen LogP contribution >= 0.6 is 11.6 Å². The Morgan fingerprint density at radius 3 is 2.76 bits per heavy atom. The molecule has 5 atom stereocenters. The molecular weight excluding hydrogens is 436 g/mol. The molecule has 1 unspecified atom stereocenters. The van der Waals surface area contributed by atoms with Crippen LogP contribution in [0.5, 0.6) is 5.75 Å². The maximum Gasteiger partial charge on any atom is 0.338 e. The Balaban J connectivity index is 1.56. The van der Waals surface area contributed by atoms with Crippen molar-refractivity contribution in [1.82, 2.24) is 4.98 Å². The number of fused-ring (bicyclic) bond motifs is 4. The molecule has 3 aliphatic heterocycles. The van der Waals surface area contributed by atoms with Crippen molar-refractivity contribution in [3.63, 3.8) is 0 Å². The molecule has 170 valence electrons. The minimum Gasteiger partial charge on any atom is -0.497 e. The number of pyridine rings is 1. The number of rotatable bonds is 6. The number of benzene rings is 2. The van der Waals surface area contributed by atoms with Crippen molar-refractivity contribution < 1.29 is 19.2 Å². The highest BCUT2D eigenvalue weighted by Crippen LogP contribution is 2.37. The number of carbonyl (C=O) groups excluding carboxylic acids is 1. The maximum atomic E-state index is 13.2. The molecule has 1 aromatic heterocycles. The zero-order chi connectivity index (χ0) is 22.9. The first-order chi connectivity index (χ1) is 16.1. The summed E-state index contributed by atoms with van der Waals surface area (Å²) in [4.78, 5) is 19.2. The zero-order valence-corrected chi connectivity index (χ0v) is 19.4. The van der Waals surface area contributed by atoms with E-state index in [4.69, 9.17) is 21.1 Å². The average Bonchev–Trinajstić information content (AvgIpc) is 2.87. The van der Waals surface area contributed by atoms with Crippen molar-refractivity contribution in [2.45, 2.75) is 25.0 Å². The monoisotopic (exact) mass is 463 g/mol. The molecular formula is C27H28ClN2O3+. The van der Waals surface area contributed by atoms with Crippen LogP contribution in [-0.2, 0) is 4.74 Å². The highest BCUT2D eigenvalue weighted by molar-refractivity contribution is 6.30. The average molecular weight is 464 g/mol. The van der Waals surface area contributed by atoms with E-state index in [-0.39, 0.29) is 12.0 Å². The van der Waals surface area contributed by atoms with Gasteiger partial charge in [0.2, 0.25) is 0 Å². The normalized spacial score (nSPS) is 24.9. The second-order valence-electron chi connectivity index (χ2n) is 9.02. The molecule has 0 radical (unpaired) electrons. The van der Waals surface area contributed by atoms with Gasteiger partial charge in [0.15, 0.2) is 6.10 Å². The number of methoxy groups -OCH3 is 1. The van der Waals surface area contributed by atoms with Crippen molar-refractivity contribution in [1.29, 1.82) is 0 Å². The summed E-state index contributed by atoms with van der Waals surface area (Å²) in [5.74, 6) is 1.51. The summed E-state index contributed by atoms with van der Waals surface area (Å²) in [5.41, 5.74) is 2.33. The van der Waals surface area contributed by atoms with Gasteiger partial charge in [0.1, 0.15) is 11.8 Å². The predicted molar refractivity (Wildman–Crippen MR) is 129 cm³/mol. The van der Waals surface area contributed by atoms with Gasteiger partial charge >= 0.3 is 5.97 Å². The molecule has 1 N–H and O–H groups in total. The molecule has 0 amide bonds. The molecule has 2 bridgehead atoms. The van der Waals surface area contributed by atoms with E-state index < -0.39 is 6.10 Å². The lowest BCUT2D eigenvalue weighted by atomic mass is 9.73. The van der Waals surface area contributed by atoms with Gasteiger partial charge < -0.3 is 14.4 Å². The maximum absolute atomic E-state index is 13.2. The Hall–Kier alpha value is -2.89. The van der Waals surface area contributed by atoms with Gasteiger partial charge in [0.25, 0.3) is 0 Å². The van der Waals surface area contributed by atoms with Crippen molar-refractivity contribution in [3.05, 3.63) is 83.5 Å². The molecule has 3 saturated heterocycles. The molecule has 6 rings (SSSR count). The minimum absolute atomic E-state index is 0.174. The fourth-order valence-electron chi connectivity index (χ4n) is 5.55. The van der Waals surface area contributed by atoms with Crippen LogP contribution in [0.15, 0.2) is 67.4 Å². The second-order valence-corrected chi connectivity index (χ2v) is 9.46. The lowest BCUT2D eigenvalue weighted by Crippen LogP contribution is -3.20. The fraction of sp³-hybridized carbons (Fsp3) is 0.333. The molecule has 0 saturated carbocycles. The standard InChI is InChI=1S/C27H27ClN2O3/c1-3-17-16-30-13-11-19(17)14-25(30)26(33-27(31)18-4-6-20(28)7-5-18)22-10-12-29-24-9-8-21(32-2)15-23(22)24/h3-10,12,15,17,19,25-26H,1,11,13-14,16H2,2H3/p+1/t17-,19+,25+,26-/m0/s1. The van der Waals surface area contributed by atoms with Gasteiger partial charge in [-0.25, -0.2) is 4.79 Å². The van der Waals surface area contributed by atoms with E-state index in [2.05, 4.69) is 17.6 Å². The predicted octanol–water partition coefficient (Wildman–Crippen LogP) is 4.27. The van der Waals surface area contributed by atoms with Crippen LogP contribution in [0.1, 0.15) is 34.9 Å². The van der Waals surface area contributed by atoms with E-state index in [0.29, 0.717) is 22.4 Å². The molecule has 3 aromatic rings. The summed E-state index contributed by atoms with van der Waals surface area (Å²) in [6.07, 6.45) is 5.69. The minimum atomic E-state index is -0.394. The van der Waals surface area contributed by atoms with Crippen molar-refractivity contribution in [2.75, 3.05) is 20.2 Å². The Labute approximate surface area is 199 Å². The summed E-state index contributed by atoms with van der Waals surface area (Å²) in [7, 11) is 1.65. The van der Waals surface area contributed by atoms with E-state index in [1.54, 1.807) is 37.6 Å². The summed E-state index contributed by atoms with van der Waals surface area (Å²) in [6, 6.07) is 14.8. The summed E-state index contributed by atoms with van der Waals surface area (Å²) in [5, 5.41) is 1.54. The molecule has 5 nitrogen and oxygen atoms in total. The molecule has 6 heteroatoms. The van der Waals surface area contributed by atoms with Crippen LogP contribution in [-0.4, -0.2) is 37.2 Å². The van der Waals surface area contributed by atoms with Crippen LogP contribution in [0.2, 0.25) is 5.02 Å². The Morgan fingerprint density at radius 1 is 1.24 bits per heavy atom. The first kappa shape index (κ1) is 21.9. The van der Waals surface area contributed by atoms with E-state index in [0.717, 1.165) is 41.7 Å². The van der Waals surface area contributed by atoms with Gasteiger partial charge in [-0.15, -0.1) is 6.58 Å². The molecule has 0 aliphatic carbocycles. The van der Waals surface area contributed by atoms with Crippen LogP contribution in [0.3, 0.4) is 0 Å². The SMILES string of the molecule is C=C[C@H]1C[NH+]2CC[C@@H]1C[C@@H]2[C@@H](OC(=O)c1ccc(Cl)cc1)c1ccnc2ccc(OC)cc12. The quantitative estimate of drug-likeness (QED) is 0.438. The van der Waals surface area contributed by atoms with Crippen molar-refractivity contribution >= 4 is 28.5 Å². The number of nitrogens with zero attached hydrogens (tertiary/aromatic N) is 1. The number of esters is 1. The molecule has 3 fully saturated rings. The van der Waals surface area contributed by atoms with E-state index in [9.17, 15) is 4.79 Å². The van der Waals surface area contributed by atoms with Crippen LogP contribution in [0.25, 0.3) is 10.9 Å². The second kappa shape index (κ2) is 9.16. The molecule has 0 spiro atoms. The highest BCUT2D eigenvalue weighted by Gasteiger charge is 2.47. The number of carbonyl (C=O) groups is 1. The van der Waals surface area contributed by atoms with Gasteiger partial charge in [0, 0.05) is 40.9 Å². The van der Waals surface area contributed by atoms with Gasteiger partial charge in [0.05, 0.1) is 31.3 Å². The van der Waals surface area contributed by atoms with E-state index in [1.165, 1.54) is 11.3 Å². The molecule has 3 aliphatic rings. The van der Waals surface area contributed by atoms with E-state index >= 15 is 0 Å². The Morgan fingerprint density at radius 2 is 2.06 bits per heavy atom. The smallest absolute Gasteiger partial charge is 0.338 e. The summed E-state index contributed by atoms with van der Waals surface area (Å²) >= 11 is 6.02. The Bertz CT molecular complexity index is 1180. The largest absolute Gasteiger partial charge is 0.497 e. The molecule has 2 aromatic carbocycles. The molecule has 33 heavy (non-hydrogen) atoms. The number of aromatic nitrogens is 1. The fourth-order valence-corrected chi connectivity index (χ4v) is 5.67. The Kier molecular flexibility index (Phi) is 6.09. The molecule has 4 heterocycles. The van der Waals surface area contributed by atoms with Crippen molar-refractivity contribution in [3.8, 4) is 5.75 Å². The van der Waals surface area contributed by atoms with Gasteiger partial charge in [-0.1, -0.05) is 17.7 Å². The third kappa shape index (κ3) is 4.23. The number of halogens is 1. The summed E-state index contributed by atoms with van der Waals surface area (Å²) < 4.78 is 11.8. The highest BCUT2D eigenvalue weighted by atomic mass is 35.5. The first-order valence-electron chi connectivity index (χ1n) is 11.4. The number of ether oxygens (including phenoxy) is 2. The zero-order valence-electron chi connectivity index (χ0n) is 18.7. The number of nitrogens with one attached hydrogen (secondary N) is 1. The number of quaternary nitrogens is 1. The lowest BCUT2D eigenvalue weighted by molar-refractivity contribution is -0.949. The third-order valence-corrected chi connectivity index (χ3v) is 7.54. The van der Waals surface area contributed by atoms with Gasteiger partial charge in [-0.3, -0.25) is 4.98 Å².